The lowest BCUT2D eigenvalue weighted by Gasteiger charge is -2.40. The largest absolute Gasteiger partial charge is 0.371 e. The van der Waals surface area contributed by atoms with Crippen molar-refractivity contribution >= 4 is 11.4 Å². The first kappa shape index (κ1) is 13.5. The topological polar surface area (TPSA) is 48.1 Å². The summed E-state index contributed by atoms with van der Waals surface area (Å²) in [4.78, 5) is 4.49. The number of rotatable bonds is 1. The molecule has 108 valence electrons. The molecule has 1 aliphatic rings. The Bertz CT molecular complexity index is 725. The smallest absolute Gasteiger partial charge is 0.0999 e. The third-order valence-corrected chi connectivity index (χ3v) is 4.24. The van der Waals surface area contributed by atoms with E-state index in [1.165, 1.54) is 0 Å². The molecule has 0 amide bonds. The van der Waals surface area contributed by atoms with E-state index in [2.05, 4.69) is 48.1 Å². The fourth-order valence-electron chi connectivity index (χ4n) is 2.91. The number of nitrogens with zero attached hydrogens (tertiary/aromatic N) is 5. The van der Waals surface area contributed by atoms with Gasteiger partial charge in [0.25, 0.3) is 0 Å². The zero-order valence-corrected chi connectivity index (χ0v) is 12.8. The molecule has 5 heteroatoms. The number of aromatic nitrogens is 2. The summed E-state index contributed by atoms with van der Waals surface area (Å²) in [6, 6.07) is 6.85. The number of hydrogen-bond acceptors (Lipinski definition) is 4. The van der Waals surface area contributed by atoms with Gasteiger partial charge in [-0.15, -0.1) is 0 Å². The Morgan fingerprint density at radius 2 is 2.00 bits per heavy atom. The number of fused-ring (bicyclic) bond motifs is 1. The molecule has 1 aromatic carbocycles. The molecular weight excluding hydrogens is 262 g/mol. The van der Waals surface area contributed by atoms with E-state index in [-0.39, 0.29) is 0 Å². The lowest BCUT2D eigenvalue weighted by molar-refractivity contribution is 0.648. The van der Waals surface area contributed by atoms with E-state index in [1.54, 1.807) is 10.9 Å². The molecule has 2 heterocycles. The molecule has 21 heavy (non-hydrogen) atoms. The second-order valence-corrected chi connectivity index (χ2v) is 5.74. The second-order valence-electron chi connectivity index (χ2n) is 5.74. The van der Waals surface area contributed by atoms with Gasteiger partial charge in [-0.05, 0) is 19.1 Å². The van der Waals surface area contributed by atoms with Crippen LogP contribution >= 0.6 is 0 Å². The van der Waals surface area contributed by atoms with E-state index >= 15 is 0 Å². The average molecular weight is 281 g/mol. The molecule has 2 aromatic rings. The van der Waals surface area contributed by atoms with Crippen LogP contribution in [0.2, 0.25) is 0 Å². The van der Waals surface area contributed by atoms with Gasteiger partial charge in [0.15, 0.2) is 0 Å². The minimum atomic E-state index is 0.442. The number of aryl methyl sites for hydroxylation is 1. The van der Waals surface area contributed by atoms with Crippen molar-refractivity contribution in [3.63, 3.8) is 0 Å². The molecule has 1 aliphatic heterocycles. The highest BCUT2D eigenvalue weighted by Gasteiger charge is 2.25. The first-order chi connectivity index (χ1) is 10.0. The minimum Gasteiger partial charge on any atom is -0.371 e. The van der Waals surface area contributed by atoms with Crippen molar-refractivity contribution < 1.29 is 0 Å². The van der Waals surface area contributed by atoms with Crippen molar-refractivity contribution in [3.8, 4) is 17.2 Å². The van der Waals surface area contributed by atoms with Crippen molar-refractivity contribution in [1.82, 2.24) is 9.78 Å². The van der Waals surface area contributed by atoms with Gasteiger partial charge < -0.3 is 9.80 Å². The van der Waals surface area contributed by atoms with Gasteiger partial charge >= 0.3 is 0 Å². The normalized spacial score (nSPS) is 17.6. The number of anilines is 2. The van der Waals surface area contributed by atoms with Gasteiger partial charge in [0, 0.05) is 51.1 Å². The van der Waals surface area contributed by atoms with Gasteiger partial charge in [0.2, 0.25) is 0 Å². The first-order valence-electron chi connectivity index (χ1n) is 7.02. The van der Waals surface area contributed by atoms with Crippen LogP contribution < -0.4 is 9.80 Å². The van der Waals surface area contributed by atoms with Crippen LogP contribution in [0.15, 0.2) is 24.5 Å². The molecule has 1 atom stereocenters. The van der Waals surface area contributed by atoms with Crippen molar-refractivity contribution in [2.24, 2.45) is 7.05 Å². The second kappa shape index (κ2) is 4.81. The van der Waals surface area contributed by atoms with Crippen molar-refractivity contribution in [3.05, 3.63) is 30.1 Å². The highest BCUT2D eigenvalue weighted by atomic mass is 15.3. The maximum absolute atomic E-state index is 9.48. The number of hydrogen-bond donors (Lipinski definition) is 0. The van der Waals surface area contributed by atoms with E-state index in [0.29, 0.717) is 11.6 Å². The molecule has 0 N–H and O–H groups in total. The minimum absolute atomic E-state index is 0.442. The standard InChI is InChI=1S/C16H19N5/c1-11-9-19(2)15-5-12(7-17)14(6-16(15)21(11)4)13-8-18-20(3)10-13/h5-6,8,10-11H,9H2,1-4H3/t11-/m1/s1. The quantitative estimate of drug-likeness (QED) is 0.804. The van der Waals surface area contributed by atoms with Crippen LogP contribution in [-0.4, -0.2) is 36.5 Å². The summed E-state index contributed by atoms with van der Waals surface area (Å²) in [6.45, 7) is 3.17. The van der Waals surface area contributed by atoms with Crippen LogP contribution in [0.25, 0.3) is 11.1 Å². The lowest BCUT2D eigenvalue weighted by atomic mass is 9.98. The number of nitriles is 1. The Balaban J connectivity index is 2.21. The third-order valence-electron chi connectivity index (χ3n) is 4.24. The molecule has 0 saturated carbocycles. The third kappa shape index (κ3) is 2.13. The Morgan fingerprint density at radius 1 is 1.24 bits per heavy atom. The summed E-state index contributed by atoms with van der Waals surface area (Å²) >= 11 is 0. The molecule has 0 saturated heterocycles. The van der Waals surface area contributed by atoms with Crippen molar-refractivity contribution in [2.45, 2.75) is 13.0 Å². The van der Waals surface area contributed by atoms with Crippen molar-refractivity contribution in [2.75, 3.05) is 30.4 Å². The van der Waals surface area contributed by atoms with E-state index in [9.17, 15) is 5.26 Å². The van der Waals surface area contributed by atoms with Gasteiger partial charge in [-0.1, -0.05) is 0 Å². The van der Waals surface area contributed by atoms with Gasteiger partial charge in [-0.3, -0.25) is 4.68 Å². The summed E-state index contributed by atoms with van der Waals surface area (Å²) in [5.41, 5.74) is 4.88. The fourth-order valence-corrected chi connectivity index (χ4v) is 2.91. The summed E-state index contributed by atoms with van der Waals surface area (Å²) in [5, 5.41) is 13.7. The maximum atomic E-state index is 9.48. The Kier molecular flexibility index (Phi) is 3.09. The molecule has 1 aromatic heterocycles. The van der Waals surface area contributed by atoms with Crippen LogP contribution in [-0.2, 0) is 7.05 Å². The predicted octanol–water partition coefficient (Wildman–Crippen LogP) is 2.23. The first-order valence-corrected chi connectivity index (χ1v) is 7.02. The van der Waals surface area contributed by atoms with Gasteiger partial charge in [0.05, 0.1) is 29.2 Å². The Labute approximate surface area is 125 Å². The van der Waals surface area contributed by atoms with Gasteiger partial charge in [-0.25, -0.2) is 0 Å². The van der Waals surface area contributed by atoms with Crippen LogP contribution in [0.1, 0.15) is 12.5 Å². The molecule has 0 fully saturated rings. The van der Waals surface area contributed by atoms with Gasteiger partial charge in [0.1, 0.15) is 0 Å². The van der Waals surface area contributed by atoms with E-state index in [4.69, 9.17) is 0 Å². The van der Waals surface area contributed by atoms with Crippen LogP contribution in [0, 0.1) is 11.3 Å². The predicted molar refractivity (Wildman–Crippen MR) is 84.5 cm³/mol. The highest BCUT2D eigenvalue weighted by Crippen LogP contribution is 2.39. The molecule has 0 spiro atoms. The molecule has 5 nitrogen and oxygen atoms in total. The molecule has 0 bridgehead atoms. The SMILES string of the molecule is C[C@@H]1CN(C)c2cc(C#N)c(-c3cnn(C)c3)cc2N1C. The molecule has 0 aliphatic carbocycles. The average Bonchev–Trinajstić information content (AvgIpc) is 2.90. The van der Waals surface area contributed by atoms with E-state index < -0.39 is 0 Å². The lowest BCUT2D eigenvalue weighted by Crippen LogP contribution is -2.44. The van der Waals surface area contributed by atoms with Crippen LogP contribution in [0.4, 0.5) is 11.4 Å². The zero-order valence-electron chi connectivity index (χ0n) is 12.8. The highest BCUT2D eigenvalue weighted by molar-refractivity contribution is 5.84. The Hall–Kier alpha value is -2.48. The van der Waals surface area contributed by atoms with E-state index in [1.807, 2.05) is 19.3 Å². The maximum Gasteiger partial charge on any atom is 0.0999 e. The summed E-state index contributed by atoms with van der Waals surface area (Å²) < 4.78 is 1.76. The Morgan fingerprint density at radius 3 is 2.62 bits per heavy atom. The number of likely N-dealkylation sites (N-methyl/N-ethyl adjacent to an activating group) is 2. The summed E-state index contributed by atoms with van der Waals surface area (Å²) in [5.74, 6) is 0. The molecule has 3 rings (SSSR count). The zero-order chi connectivity index (χ0) is 15.1. The summed E-state index contributed by atoms with van der Waals surface area (Å²) in [7, 11) is 6.07. The molecule has 0 unspecified atom stereocenters. The monoisotopic (exact) mass is 281 g/mol. The summed E-state index contributed by atoms with van der Waals surface area (Å²) in [6.07, 6.45) is 3.75. The van der Waals surface area contributed by atoms with Crippen LogP contribution in [0.5, 0.6) is 0 Å². The molecule has 0 radical (unpaired) electrons. The van der Waals surface area contributed by atoms with Gasteiger partial charge in [-0.2, -0.15) is 10.4 Å². The fraction of sp³-hybridized carbons (Fsp3) is 0.375. The van der Waals surface area contributed by atoms with E-state index in [0.717, 1.165) is 29.0 Å². The van der Waals surface area contributed by atoms with Crippen molar-refractivity contribution in [1.29, 1.82) is 5.26 Å². The van der Waals surface area contributed by atoms with Crippen LogP contribution in [0.3, 0.4) is 0 Å². The molecular formula is C16H19N5. The number of benzene rings is 1.